The van der Waals surface area contributed by atoms with Crippen LogP contribution < -0.4 is 4.74 Å². The van der Waals surface area contributed by atoms with E-state index < -0.39 is 12.3 Å². The van der Waals surface area contributed by atoms with Crippen LogP contribution in [0.2, 0.25) is 0 Å². The van der Waals surface area contributed by atoms with E-state index in [0.29, 0.717) is 12.3 Å². The molecule has 0 aliphatic carbocycles. The number of unbranched alkanes of at least 4 members (excludes halogenated alkanes) is 5. The molecule has 1 aromatic carbocycles. The number of rotatable bonds is 14. The van der Waals surface area contributed by atoms with Gasteiger partial charge in [-0.15, -0.1) is 0 Å². The minimum Gasteiger partial charge on any atom is -0.474 e. The number of hydrogen-bond acceptors (Lipinski definition) is 2. The van der Waals surface area contributed by atoms with Crippen molar-refractivity contribution in [1.29, 1.82) is 0 Å². The Morgan fingerprint density at radius 3 is 2.14 bits per heavy atom. The van der Waals surface area contributed by atoms with E-state index in [2.05, 4.69) is 36.2 Å². The number of pyridine rings is 1. The first-order valence-electron chi connectivity index (χ1n) is 11.1. The van der Waals surface area contributed by atoms with Crippen LogP contribution in [0, 0.1) is 0 Å². The van der Waals surface area contributed by atoms with Gasteiger partial charge >= 0.3 is 0 Å². The van der Waals surface area contributed by atoms with E-state index in [1.165, 1.54) is 44.1 Å². The van der Waals surface area contributed by atoms with Crippen molar-refractivity contribution >= 4 is 0 Å². The van der Waals surface area contributed by atoms with Gasteiger partial charge in [0.25, 0.3) is 0 Å². The van der Waals surface area contributed by atoms with Gasteiger partial charge in [0, 0.05) is 17.8 Å². The monoisotopic (exact) mass is 403 g/mol. The van der Waals surface area contributed by atoms with Crippen LogP contribution in [0.15, 0.2) is 42.6 Å². The summed E-state index contributed by atoms with van der Waals surface area (Å²) in [5.41, 5.74) is 3.43. The number of hydrogen-bond donors (Lipinski definition) is 0. The molecule has 0 saturated carbocycles. The van der Waals surface area contributed by atoms with Crippen molar-refractivity contribution in [2.75, 3.05) is 6.61 Å². The SMILES string of the molecule is CCCCCCCCc1ccc(-c2ccc(OC[C@@H](F)[C@H](F)CCC)nc2)cc1. The van der Waals surface area contributed by atoms with Crippen LogP contribution in [0.5, 0.6) is 5.88 Å². The van der Waals surface area contributed by atoms with E-state index in [0.717, 1.165) is 17.5 Å². The van der Waals surface area contributed by atoms with Crippen LogP contribution in [-0.4, -0.2) is 23.9 Å². The van der Waals surface area contributed by atoms with Crippen LogP contribution in [-0.2, 0) is 6.42 Å². The summed E-state index contributed by atoms with van der Waals surface area (Å²) in [6.45, 7) is 3.77. The molecule has 160 valence electrons. The Labute approximate surface area is 174 Å². The lowest BCUT2D eigenvalue weighted by Crippen LogP contribution is -2.24. The number of halogens is 2. The fraction of sp³-hybridized carbons (Fsp3) is 0.560. The Hall–Kier alpha value is -1.97. The molecule has 2 atom stereocenters. The second kappa shape index (κ2) is 13.3. The third kappa shape index (κ3) is 8.51. The molecule has 2 nitrogen and oxygen atoms in total. The second-order valence-corrected chi connectivity index (χ2v) is 7.73. The van der Waals surface area contributed by atoms with Gasteiger partial charge in [0.15, 0.2) is 6.17 Å². The van der Waals surface area contributed by atoms with Crippen molar-refractivity contribution < 1.29 is 13.5 Å². The van der Waals surface area contributed by atoms with Crippen LogP contribution in [0.25, 0.3) is 11.1 Å². The molecule has 2 rings (SSSR count). The summed E-state index contributed by atoms with van der Waals surface area (Å²) >= 11 is 0. The molecule has 1 heterocycles. The van der Waals surface area contributed by atoms with Gasteiger partial charge in [-0.1, -0.05) is 76.6 Å². The Balaban J connectivity index is 1.79. The number of aromatic nitrogens is 1. The zero-order valence-corrected chi connectivity index (χ0v) is 17.9. The zero-order chi connectivity index (χ0) is 20.9. The maximum atomic E-state index is 13.7. The third-order valence-corrected chi connectivity index (χ3v) is 5.19. The van der Waals surface area contributed by atoms with Crippen molar-refractivity contribution in [3.8, 4) is 17.0 Å². The van der Waals surface area contributed by atoms with Gasteiger partial charge in [-0.05, 0) is 36.5 Å². The number of benzene rings is 1. The van der Waals surface area contributed by atoms with Gasteiger partial charge in [-0.25, -0.2) is 13.8 Å². The minimum absolute atomic E-state index is 0.214. The topological polar surface area (TPSA) is 22.1 Å². The molecular formula is C25H35F2NO. The summed E-state index contributed by atoms with van der Waals surface area (Å²) in [4.78, 5) is 4.23. The first kappa shape index (κ1) is 23.3. The molecule has 29 heavy (non-hydrogen) atoms. The first-order valence-corrected chi connectivity index (χ1v) is 11.1. The van der Waals surface area contributed by atoms with Gasteiger partial charge in [0.1, 0.15) is 12.8 Å². The lowest BCUT2D eigenvalue weighted by Gasteiger charge is -2.13. The van der Waals surface area contributed by atoms with E-state index in [-0.39, 0.29) is 13.0 Å². The number of alkyl halides is 2. The molecule has 0 saturated heterocycles. The van der Waals surface area contributed by atoms with E-state index in [1.807, 2.05) is 13.0 Å². The van der Waals surface area contributed by atoms with Gasteiger partial charge < -0.3 is 4.74 Å². The molecule has 2 aromatic rings. The molecular weight excluding hydrogens is 368 g/mol. The molecule has 0 amide bonds. The van der Waals surface area contributed by atoms with Crippen molar-refractivity contribution in [3.05, 3.63) is 48.2 Å². The predicted octanol–water partition coefficient (Wildman–Crippen LogP) is 7.51. The van der Waals surface area contributed by atoms with Crippen LogP contribution in [0.3, 0.4) is 0 Å². The molecule has 0 aliphatic heterocycles. The van der Waals surface area contributed by atoms with E-state index in [9.17, 15) is 8.78 Å². The van der Waals surface area contributed by atoms with Gasteiger partial charge in [-0.3, -0.25) is 0 Å². The molecule has 0 bridgehead atoms. The first-order chi connectivity index (χ1) is 14.1. The predicted molar refractivity (Wildman–Crippen MR) is 117 cm³/mol. The number of nitrogens with zero attached hydrogens (tertiary/aromatic N) is 1. The molecule has 0 spiro atoms. The van der Waals surface area contributed by atoms with E-state index in [1.54, 1.807) is 12.3 Å². The number of aryl methyl sites for hydroxylation is 1. The zero-order valence-electron chi connectivity index (χ0n) is 17.9. The molecule has 4 heteroatoms. The fourth-order valence-corrected chi connectivity index (χ4v) is 3.34. The lowest BCUT2D eigenvalue weighted by molar-refractivity contribution is 0.101. The Morgan fingerprint density at radius 1 is 0.793 bits per heavy atom. The lowest BCUT2D eigenvalue weighted by atomic mass is 10.0. The van der Waals surface area contributed by atoms with Crippen molar-refractivity contribution in [3.63, 3.8) is 0 Å². The van der Waals surface area contributed by atoms with Crippen LogP contribution in [0.4, 0.5) is 8.78 Å². The smallest absolute Gasteiger partial charge is 0.213 e. The largest absolute Gasteiger partial charge is 0.474 e. The maximum Gasteiger partial charge on any atom is 0.213 e. The number of ether oxygens (including phenoxy) is 1. The molecule has 0 N–H and O–H groups in total. The quantitative estimate of drug-likeness (QED) is 0.305. The van der Waals surface area contributed by atoms with Crippen molar-refractivity contribution in [2.24, 2.45) is 0 Å². The molecule has 1 aromatic heterocycles. The Morgan fingerprint density at radius 2 is 1.48 bits per heavy atom. The van der Waals surface area contributed by atoms with Crippen LogP contribution in [0.1, 0.15) is 70.8 Å². The van der Waals surface area contributed by atoms with Crippen molar-refractivity contribution in [1.82, 2.24) is 4.98 Å². The summed E-state index contributed by atoms with van der Waals surface area (Å²) in [5, 5.41) is 0. The van der Waals surface area contributed by atoms with Gasteiger partial charge in [-0.2, -0.15) is 0 Å². The summed E-state index contributed by atoms with van der Waals surface area (Å²) in [6, 6.07) is 12.2. The van der Waals surface area contributed by atoms with E-state index in [4.69, 9.17) is 4.74 Å². The highest BCUT2D eigenvalue weighted by molar-refractivity contribution is 5.62. The summed E-state index contributed by atoms with van der Waals surface area (Å²) < 4.78 is 32.5. The highest BCUT2D eigenvalue weighted by atomic mass is 19.2. The average molecular weight is 404 g/mol. The Kier molecular flexibility index (Phi) is 10.7. The van der Waals surface area contributed by atoms with Crippen LogP contribution >= 0.6 is 0 Å². The average Bonchev–Trinajstić information content (AvgIpc) is 2.75. The van der Waals surface area contributed by atoms with Gasteiger partial charge in [0.2, 0.25) is 5.88 Å². The second-order valence-electron chi connectivity index (χ2n) is 7.73. The maximum absolute atomic E-state index is 13.7. The minimum atomic E-state index is -1.62. The molecule has 0 fully saturated rings. The normalized spacial score (nSPS) is 13.2. The van der Waals surface area contributed by atoms with E-state index >= 15 is 0 Å². The summed E-state index contributed by atoms with van der Waals surface area (Å²) in [7, 11) is 0. The fourth-order valence-electron chi connectivity index (χ4n) is 3.34. The molecule has 0 radical (unpaired) electrons. The highest BCUT2D eigenvalue weighted by Crippen LogP contribution is 2.22. The summed E-state index contributed by atoms with van der Waals surface area (Å²) in [6.07, 6.45) is 8.43. The third-order valence-electron chi connectivity index (χ3n) is 5.19. The Bertz CT molecular complexity index is 672. The highest BCUT2D eigenvalue weighted by Gasteiger charge is 2.20. The van der Waals surface area contributed by atoms with Gasteiger partial charge in [0.05, 0.1) is 0 Å². The summed E-state index contributed by atoms with van der Waals surface area (Å²) in [5.74, 6) is 0.319. The molecule has 0 unspecified atom stereocenters. The molecule has 0 aliphatic rings. The van der Waals surface area contributed by atoms with Crippen molar-refractivity contribution in [2.45, 2.75) is 84.0 Å². The standard InChI is InChI=1S/C25H35F2NO/c1-3-5-6-7-8-9-11-20-12-14-21(15-13-20)22-16-17-25(28-18-22)29-19-24(27)23(26)10-4-2/h12-18,23-24H,3-11,19H2,1-2H3/t23-,24-/m1/s1.